The first-order chi connectivity index (χ1) is 21.8. The van der Waals surface area contributed by atoms with Gasteiger partial charge in [0.15, 0.2) is 0 Å². The Kier molecular flexibility index (Phi) is 7.84. The van der Waals surface area contributed by atoms with Crippen molar-refractivity contribution in [1.29, 1.82) is 0 Å². The van der Waals surface area contributed by atoms with E-state index in [0.29, 0.717) is 63.0 Å². The van der Waals surface area contributed by atoms with E-state index in [-0.39, 0.29) is 44.2 Å². The molecule has 7 rings (SSSR count). The van der Waals surface area contributed by atoms with Crippen LogP contribution in [0.2, 0.25) is 10.0 Å². The summed E-state index contributed by atoms with van der Waals surface area (Å²) in [5, 5.41) is 19.6. The third kappa shape index (κ3) is 5.99. The van der Waals surface area contributed by atoms with Crippen molar-refractivity contribution in [2.45, 2.75) is 69.3 Å². The zero-order chi connectivity index (χ0) is 32.5. The quantitative estimate of drug-likeness (QED) is 0.230. The molecular weight excluding hydrogens is 644 g/mol. The van der Waals surface area contributed by atoms with Gasteiger partial charge in [0.2, 0.25) is 5.95 Å². The highest BCUT2D eigenvalue weighted by molar-refractivity contribution is 6.39. The fourth-order valence-electron chi connectivity index (χ4n) is 6.85. The first-order valence-corrected chi connectivity index (χ1v) is 16.4. The molecule has 14 heteroatoms. The van der Waals surface area contributed by atoms with Crippen LogP contribution in [0.1, 0.15) is 60.9 Å². The topological polar surface area (TPSA) is 112 Å². The van der Waals surface area contributed by atoms with Crippen LogP contribution >= 0.6 is 23.2 Å². The van der Waals surface area contributed by atoms with Crippen LogP contribution < -0.4 is 20.9 Å². The van der Waals surface area contributed by atoms with Gasteiger partial charge in [0.05, 0.1) is 43.9 Å². The monoisotopic (exact) mass is 678 g/mol. The molecule has 46 heavy (non-hydrogen) atoms. The number of imidazole rings is 1. The average Bonchev–Trinajstić information content (AvgIpc) is 3.89. The summed E-state index contributed by atoms with van der Waals surface area (Å²) in [7, 11) is 1.84. The van der Waals surface area contributed by atoms with Crippen molar-refractivity contribution in [2.75, 3.05) is 23.3 Å². The summed E-state index contributed by atoms with van der Waals surface area (Å²) >= 11 is 13.3. The molecule has 3 aliphatic carbocycles. The van der Waals surface area contributed by atoms with Crippen molar-refractivity contribution in [2.24, 2.45) is 24.8 Å². The number of anilines is 3. The number of aromatic nitrogens is 2. The molecule has 4 fully saturated rings. The largest absolute Gasteiger partial charge is 0.391 e. The van der Waals surface area contributed by atoms with E-state index in [0.717, 1.165) is 24.3 Å². The number of amides is 2. The number of rotatable bonds is 8. The molecule has 2 aromatic carbocycles. The molecular formula is C32H35Cl2F3N6O3. The van der Waals surface area contributed by atoms with Crippen LogP contribution in [0.15, 0.2) is 24.3 Å². The van der Waals surface area contributed by atoms with Crippen molar-refractivity contribution >= 4 is 63.4 Å². The summed E-state index contributed by atoms with van der Waals surface area (Å²) in [5.74, 6) is -0.429. The maximum Gasteiger partial charge on any atom is 0.391 e. The van der Waals surface area contributed by atoms with Crippen LogP contribution in [0.5, 0.6) is 0 Å². The van der Waals surface area contributed by atoms with E-state index >= 15 is 0 Å². The first-order valence-electron chi connectivity index (χ1n) is 15.7. The Hall–Kier alpha value is -3.22. The lowest BCUT2D eigenvalue weighted by atomic mass is 9.85. The minimum atomic E-state index is -4.21. The van der Waals surface area contributed by atoms with Crippen LogP contribution in [0, 0.1) is 17.8 Å². The molecule has 0 radical (unpaired) electrons. The Bertz CT molecular complexity index is 1710. The molecule has 2 atom stereocenters. The smallest absolute Gasteiger partial charge is 0.380 e. The molecule has 1 saturated heterocycles. The zero-order valence-electron chi connectivity index (χ0n) is 25.2. The van der Waals surface area contributed by atoms with Crippen LogP contribution in [0.3, 0.4) is 0 Å². The van der Waals surface area contributed by atoms with Crippen molar-refractivity contribution in [3.05, 3.63) is 45.4 Å². The second kappa shape index (κ2) is 11.5. The van der Waals surface area contributed by atoms with Gasteiger partial charge in [-0.15, -0.1) is 0 Å². The Morgan fingerprint density at radius 2 is 1.78 bits per heavy atom. The molecule has 2 amide bonds. The Morgan fingerprint density at radius 1 is 1.09 bits per heavy atom. The SMILES string of the molecule is Cn1c(Nc2c(Cl)ccc(CNC(=O)C3(O)CC3)c2Cl)nc2cc(C(=O)N[C@H]3CC[C@H](C(F)(F)F)CC3)c(N3CC4CC4C3)cc21. The van der Waals surface area contributed by atoms with E-state index in [9.17, 15) is 27.9 Å². The highest BCUT2D eigenvalue weighted by Gasteiger charge is 2.48. The number of halogens is 5. The number of carbonyl (C=O) groups is 2. The van der Waals surface area contributed by atoms with Crippen LogP contribution in [-0.2, 0) is 18.4 Å². The number of aliphatic hydroxyl groups is 1. The van der Waals surface area contributed by atoms with Crippen LogP contribution in [0.25, 0.3) is 11.0 Å². The van der Waals surface area contributed by atoms with Crippen molar-refractivity contribution in [1.82, 2.24) is 20.2 Å². The molecule has 1 aliphatic heterocycles. The van der Waals surface area contributed by atoms with Gasteiger partial charge in [0.1, 0.15) is 5.60 Å². The summed E-state index contributed by atoms with van der Waals surface area (Å²) in [5.41, 5.74) is 2.24. The number of aryl methyl sites for hydroxylation is 1. The van der Waals surface area contributed by atoms with Crippen LogP contribution in [-0.4, -0.2) is 57.4 Å². The van der Waals surface area contributed by atoms with Crippen molar-refractivity contribution in [3.8, 4) is 0 Å². The molecule has 1 aromatic heterocycles. The average molecular weight is 680 g/mol. The number of alkyl halides is 3. The van der Waals surface area contributed by atoms with Crippen molar-refractivity contribution in [3.63, 3.8) is 0 Å². The third-order valence-electron chi connectivity index (χ3n) is 10.1. The summed E-state index contributed by atoms with van der Waals surface area (Å²) in [6.07, 6.45) is -1.58. The third-order valence-corrected chi connectivity index (χ3v) is 10.8. The lowest BCUT2D eigenvalue weighted by Crippen LogP contribution is -2.40. The van der Waals surface area contributed by atoms with Crippen molar-refractivity contribution < 1.29 is 27.9 Å². The summed E-state index contributed by atoms with van der Waals surface area (Å²) in [4.78, 5) is 32.9. The number of piperidine rings is 1. The fraction of sp³-hybridized carbons (Fsp3) is 0.531. The Balaban J connectivity index is 1.15. The van der Waals surface area contributed by atoms with E-state index in [1.54, 1.807) is 18.2 Å². The molecule has 2 heterocycles. The summed E-state index contributed by atoms with van der Waals surface area (Å²) in [6, 6.07) is 6.73. The lowest BCUT2D eigenvalue weighted by Gasteiger charge is -2.31. The van der Waals surface area contributed by atoms with Gasteiger partial charge in [0, 0.05) is 32.7 Å². The number of nitrogens with one attached hydrogen (secondary N) is 3. The van der Waals surface area contributed by atoms with Gasteiger partial charge in [-0.25, -0.2) is 4.98 Å². The summed E-state index contributed by atoms with van der Waals surface area (Å²) in [6.45, 7) is 1.80. The molecule has 0 spiro atoms. The normalized spacial score (nSPS) is 24.9. The van der Waals surface area contributed by atoms with E-state index in [4.69, 9.17) is 28.2 Å². The Labute approximate surface area is 273 Å². The first kappa shape index (κ1) is 31.4. The minimum absolute atomic E-state index is 0.00595. The molecule has 3 aromatic rings. The predicted octanol–water partition coefficient (Wildman–Crippen LogP) is 6.07. The second-order valence-electron chi connectivity index (χ2n) is 13.3. The van der Waals surface area contributed by atoms with E-state index in [2.05, 4.69) is 20.9 Å². The van der Waals surface area contributed by atoms with Crippen LogP contribution in [0.4, 0.5) is 30.5 Å². The highest BCUT2D eigenvalue weighted by atomic mass is 35.5. The Morgan fingerprint density at radius 3 is 2.43 bits per heavy atom. The standard InChI is InChI=1S/C32H35Cl2F3N6O3/c1-42-25-12-24(43-14-17-10-18(17)15-43)21(28(44)39-20-5-3-19(4-6-20)32(35,36)37)11-23(25)40-30(42)41-27-22(33)7-2-16(26(27)34)13-38-29(45)31(46)8-9-31/h2,7,11-12,17-20,46H,3-6,8-10,13-15H2,1H3,(H,38,45)(H,39,44)(H,40,41)/t17?,18?,19-,20-. The molecule has 9 nitrogen and oxygen atoms in total. The second-order valence-corrected chi connectivity index (χ2v) is 14.1. The minimum Gasteiger partial charge on any atom is -0.380 e. The molecule has 2 unspecified atom stereocenters. The molecule has 246 valence electrons. The number of hydrogen-bond acceptors (Lipinski definition) is 6. The number of fused-ring (bicyclic) bond motifs is 2. The van der Waals surface area contributed by atoms with Gasteiger partial charge in [-0.05, 0) is 80.5 Å². The number of hydrogen-bond donors (Lipinski definition) is 4. The van der Waals surface area contributed by atoms with Gasteiger partial charge in [-0.1, -0.05) is 29.3 Å². The van der Waals surface area contributed by atoms with Gasteiger partial charge in [-0.3, -0.25) is 9.59 Å². The van der Waals surface area contributed by atoms with Gasteiger partial charge < -0.3 is 30.5 Å². The molecule has 4 aliphatic rings. The number of nitrogens with zero attached hydrogens (tertiary/aromatic N) is 3. The molecule has 3 saturated carbocycles. The maximum atomic E-state index is 13.7. The molecule has 0 bridgehead atoms. The zero-order valence-corrected chi connectivity index (χ0v) is 26.7. The van der Waals surface area contributed by atoms with E-state index in [1.165, 1.54) is 6.42 Å². The van der Waals surface area contributed by atoms with Gasteiger partial charge >= 0.3 is 6.18 Å². The maximum absolute atomic E-state index is 13.7. The predicted molar refractivity (Wildman–Crippen MR) is 170 cm³/mol. The van der Waals surface area contributed by atoms with E-state index < -0.39 is 23.6 Å². The number of carbonyl (C=O) groups excluding carboxylic acids is 2. The fourth-order valence-corrected chi connectivity index (χ4v) is 7.38. The molecule has 4 N–H and O–H groups in total. The summed E-state index contributed by atoms with van der Waals surface area (Å²) < 4.78 is 41.4. The van der Waals surface area contributed by atoms with Gasteiger partial charge in [-0.2, -0.15) is 13.2 Å². The highest BCUT2D eigenvalue weighted by Crippen LogP contribution is 2.47. The van der Waals surface area contributed by atoms with Gasteiger partial charge in [0.25, 0.3) is 11.8 Å². The number of benzene rings is 2. The lowest BCUT2D eigenvalue weighted by molar-refractivity contribution is -0.182. The van der Waals surface area contributed by atoms with E-state index in [1.807, 2.05) is 17.7 Å².